The average molecular weight is 300 g/mol. The standard InChI is InChI=1S/C12H14ClN3O2S/c13-8-3-1-2-4-10(8)19-7-11-15-12(18-16-11)9(14)5-6-17/h1-4,9,17H,5-7,14H2. The second-order valence-electron chi connectivity index (χ2n) is 3.89. The van der Waals surface area contributed by atoms with Gasteiger partial charge in [-0.05, 0) is 18.6 Å². The van der Waals surface area contributed by atoms with E-state index in [-0.39, 0.29) is 6.61 Å². The molecule has 2 aromatic rings. The van der Waals surface area contributed by atoms with Crippen molar-refractivity contribution < 1.29 is 9.63 Å². The smallest absolute Gasteiger partial charge is 0.243 e. The molecule has 0 spiro atoms. The fraction of sp³-hybridized carbons (Fsp3) is 0.333. The number of aliphatic hydroxyl groups is 1. The molecule has 0 aliphatic heterocycles. The Hall–Kier alpha value is -1.08. The minimum Gasteiger partial charge on any atom is -0.396 e. The summed E-state index contributed by atoms with van der Waals surface area (Å²) >= 11 is 7.59. The van der Waals surface area contributed by atoms with Gasteiger partial charge < -0.3 is 15.4 Å². The van der Waals surface area contributed by atoms with Gasteiger partial charge >= 0.3 is 0 Å². The van der Waals surface area contributed by atoms with Crippen molar-refractivity contribution in [2.45, 2.75) is 23.1 Å². The number of thioether (sulfide) groups is 1. The van der Waals surface area contributed by atoms with Gasteiger partial charge in [0.25, 0.3) is 0 Å². The maximum atomic E-state index is 8.80. The van der Waals surface area contributed by atoms with Crippen molar-refractivity contribution in [3.8, 4) is 0 Å². The molecule has 0 aliphatic rings. The summed E-state index contributed by atoms with van der Waals surface area (Å²) in [5, 5.41) is 13.4. The lowest BCUT2D eigenvalue weighted by Gasteiger charge is -2.02. The van der Waals surface area contributed by atoms with Crippen LogP contribution in [0.15, 0.2) is 33.7 Å². The Labute approximate surface area is 120 Å². The van der Waals surface area contributed by atoms with E-state index in [4.69, 9.17) is 27.0 Å². The van der Waals surface area contributed by atoms with Crippen LogP contribution in [0.1, 0.15) is 24.2 Å². The summed E-state index contributed by atoms with van der Waals surface area (Å²) in [4.78, 5) is 5.16. The number of aliphatic hydroxyl groups excluding tert-OH is 1. The first-order valence-corrected chi connectivity index (χ1v) is 7.13. The third-order valence-corrected chi connectivity index (χ3v) is 3.95. The van der Waals surface area contributed by atoms with Crippen molar-refractivity contribution >= 4 is 23.4 Å². The molecular formula is C12H14ClN3O2S. The van der Waals surface area contributed by atoms with Crippen LogP contribution in [-0.2, 0) is 5.75 Å². The molecule has 3 N–H and O–H groups in total. The maximum Gasteiger partial charge on any atom is 0.243 e. The fourth-order valence-electron chi connectivity index (χ4n) is 1.44. The summed E-state index contributed by atoms with van der Waals surface area (Å²) in [5.41, 5.74) is 5.77. The lowest BCUT2D eigenvalue weighted by molar-refractivity contribution is 0.259. The van der Waals surface area contributed by atoms with E-state index in [2.05, 4.69) is 10.1 Å². The van der Waals surface area contributed by atoms with Crippen LogP contribution < -0.4 is 5.73 Å². The van der Waals surface area contributed by atoms with Gasteiger partial charge in [0.15, 0.2) is 5.82 Å². The molecule has 1 atom stereocenters. The van der Waals surface area contributed by atoms with Crippen LogP contribution in [0.3, 0.4) is 0 Å². The largest absolute Gasteiger partial charge is 0.396 e. The molecule has 0 radical (unpaired) electrons. The van der Waals surface area contributed by atoms with Gasteiger partial charge in [-0.3, -0.25) is 0 Å². The minimum atomic E-state index is -0.420. The number of benzene rings is 1. The van der Waals surface area contributed by atoms with E-state index < -0.39 is 6.04 Å². The second kappa shape index (κ2) is 6.91. The number of nitrogens with zero attached hydrogens (tertiary/aromatic N) is 2. The van der Waals surface area contributed by atoms with Crippen molar-refractivity contribution in [3.05, 3.63) is 41.0 Å². The lowest BCUT2D eigenvalue weighted by Crippen LogP contribution is -2.12. The van der Waals surface area contributed by atoms with Gasteiger partial charge in [-0.2, -0.15) is 4.98 Å². The number of rotatable bonds is 6. The summed E-state index contributed by atoms with van der Waals surface area (Å²) in [6, 6.07) is 7.16. The summed E-state index contributed by atoms with van der Waals surface area (Å²) in [6.07, 6.45) is 0.402. The number of hydrogen-bond acceptors (Lipinski definition) is 6. The highest BCUT2D eigenvalue weighted by Gasteiger charge is 2.14. The van der Waals surface area contributed by atoms with E-state index in [0.717, 1.165) is 4.90 Å². The molecule has 0 saturated carbocycles. The van der Waals surface area contributed by atoms with Crippen LogP contribution in [0.2, 0.25) is 5.02 Å². The van der Waals surface area contributed by atoms with Crippen LogP contribution in [0.4, 0.5) is 0 Å². The summed E-state index contributed by atoms with van der Waals surface area (Å²) in [7, 11) is 0. The maximum absolute atomic E-state index is 8.80. The molecule has 1 unspecified atom stereocenters. The first-order chi connectivity index (χ1) is 9.20. The van der Waals surface area contributed by atoms with Crippen LogP contribution in [0.25, 0.3) is 0 Å². The Bertz CT molecular complexity index is 535. The third-order valence-electron chi connectivity index (χ3n) is 2.43. The van der Waals surface area contributed by atoms with E-state index in [1.54, 1.807) is 0 Å². The Morgan fingerprint density at radius 2 is 2.21 bits per heavy atom. The zero-order chi connectivity index (χ0) is 13.7. The van der Waals surface area contributed by atoms with Gasteiger partial charge in [-0.15, -0.1) is 11.8 Å². The van der Waals surface area contributed by atoms with Gasteiger partial charge in [-0.25, -0.2) is 0 Å². The molecule has 1 heterocycles. The van der Waals surface area contributed by atoms with Gasteiger partial charge in [0, 0.05) is 11.5 Å². The van der Waals surface area contributed by atoms with Crippen molar-refractivity contribution in [3.63, 3.8) is 0 Å². The van der Waals surface area contributed by atoms with E-state index in [1.807, 2.05) is 24.3 Å². The molecule has 0 amide bonds. The van der Waals surface area contributed by atoms with Crippen LogP contribution in [0.5, 0.6) is 0 Å². The average Bonchev–Trinajstić information content (AvgIpc) is 2.87. The monoisotopic (exact) mass is 299 g/mol. The van der Waals surface area contributed by atoms with Gasteiger partial charge in [-0.1, -0.05) is 28.9 Å². The van der Waals surface area contributed by atoms with E-state index >= 15 is 0 Å². The zero-order valence-electron chi connectivity index (χ0n) is 10.1. The molecule has 1 aromatic heterocycles. The van der Waals surface area contributed by atoms with Gasteiger partial charge in [0.2, 0.25) is 5.89 Å². The van der Waals surface area contributed by atoms with E-state index in [1.165, 1.54) is 11.8 Å². The number of nitrogens with two attached hydrogens (primary N) is 1. The molecule has 0 aliphatic carbocycles. The predicted octanol–water partition coefficient (Wildman–Crippen LogP) is 2.40. The highest BCUT2D eigenvalue weighted by Crippen LogP contribution is 2.28. The van der Waals surface area contributed by atoms with Crippen molar-refractivity contribution in [2.75, 3.05) is 6.61 Å². The quantitative estimate of drug-likeness (QED) is 0.797. The lowest BCUT2D eigenvalue weighted by atomic mass is 10.2. The summed E-state index contributed by atoms with van der Waals surface area (Å²) < 4.78 is 5.05. The first kappa shape index (κ1) is 14.3. The number of aromatic nitrogens is 2. The third kappa shape index (κ3) is 3.94. The molecule has 2 rings (SSSR count). The van der Waals surface area contributed by atoms with E-state index in [0.29, 0.717) is 28.9 Å². The fourth-order valence-corrected chi connectivity index (χ4v) is 2.53. The minimum absolute atomic E-state index is 0.00669. The van der Waals surface area contributed by atoms with Crippen LogP contribution in [0, 0.1) is 0 Å². The van der Waals surface area contributed by atoms with Gasteiger partial charge in [0.1, 0.15) is 0 Å². The Morgan fingerprint density at radius 3 is 2.95 bits per heavy atom. The molecule has 102 valence electrons. The zero-order valence-corrected chi connectivity index (χ0v) is 11.7. The van der Waals surface area contributed by atoms with Crippen molar-refractivity contribution in [2.24, 2.45) is 5.73 Å². The molecule has 19 heavy (non-hydrogen) atoms. The Morgan fingerprint density at radius 1 is 1.42 bits per heavy atom. The molecule has 1 aromatic carbocycles. The molecule has 7 heteroatoms. The predicted molar refractivity (Wildman–Crippen MR) is 73.9 cm³/mol. The molecule has 0 bridgehead atoms. The summed E-state index contributed by atoms with van der Waals surface area (Å²) in [5.74, 6) is 1.47. The van der Waals surface area contributed by atoms with Crippen LogP contribution in [-0.4, -0.2) is 21.9 Å². The summed E-state index contributed by atoms with van der Waals surface area (Å²) in [6.45, 7) is -0.00669. The van der Waals surface area contributed by atoms with Crippen molar-refractivity contribution in [1.29, 1.82) is 0 Å². The Balaban J connectivity index is 1.95. The highest BCUT2D eigenvalue weighted by molar-refractivity contribution is 7.98. The Kier molecular flexibility index (Phi) is 5.21. The number of halogens is 1. The molecule has 5 nitrogen and oxygen atoms in total. The molecule has 0 fully saturated rings. The highest BCUT2D eigenvalue weighted by atomic mass is 35.5. The van der Waals surface area contributed by atoms with E-state index in [9.17, 15) is 0 Å². The first-order valence-electron chi connectivity index (χ1n) is 5.77. The van der Waals surface area contributed by atoms with Gasteiger partial charge in [0.05, 0.1) is 16.8 Å². The molecular weight excluding hydrogens is 286 g/mol. The number of hydrogen-bond donors (Lipinski definition) is 2. The van der Waals surface area contributed by atoms with Crippen LogP contribution >= 0.6 is 23.4 Å². The normalized spacial score (nSPS) is 12.6. The van der Waals surface area contributed by atoms with Crippen molar-refractivity contribution in [1.82, 2.24) is 10.1 Å². The second-order valence-corrected chi connectivity index (χ2v) is 5.31. The molecule has 0 saturated heterocycles. The topological polar surface area (TPSA) is 85.2 Å². The SMILES string of the molecule is NC(CCO)c1nc(CSc2ccccc2Cl)no1.